The van der Waals surface area contributed by atoms with Crippen LogP contribution in [0.1, 0.15) is 54.4 Å². The second-order valence-corrected chi connectivity index (χ2v) is 6.15. The fourth-order valence-corrected chi connectivity index (χ4v) is 4.17. The SMILES string of the molecule is CCOC(=O)c1c(N)sc2c1C(CC)(C(=O)OCC)CC2. The predicted octanol–water partition coefficient (Wildman–Crippen LogP) is 2.66. The van der Waals surface area contributed by atoms with Crippen molar-refractivity contribution in [3.63, 3.8) is 0 Å². The van der Waals surface area contributed by atoms with Crippen molar-refractivity contribution in [1.29, 1.82) is 0 Å². The molecule has 0 amide bonds. The number of fused-ring (bicyclic) bond motifs is 1. The smallest absolute Gasteiger partial charge is 0.341 e. The van der Waals surface area contributed by atoms with E-state index in [1.54, 1.807) is 13.8 Å². The predicted molar refractivity (Wildman–Crippen MR) is 81.6 cm³/mol. The summed E-state index contributed by atoms with van der Waals surface area (Å²) in [7, 11) is 0. The summed E-state index contributed by atoms with van der Waals surface area (Å²) in [6.07, 6.45) is 1.99. The summed E-state index contributed by atoms with van der Waals surface area (Å²) in [5, 5.41) is 0.431. The number of aryl methyl sites for hydroxylation is 1. The van der Waals surface area contributed by atoms with Crippen molar-refractivity contribution in [2.45, 2.75) is 45.4 Å². The largest absolute Gasteiger partial charge is 0.465 e. The van der Waals surface area contributed by atoms with Gasteiger partial charge >= 0.3 is 11.9 Å². The van der Waals surface area contributed by atoms with Crippen molar-refractivity contribution in [2.75, 3.05) is 18.9 Å². The van der Waals surface area contributed by atoms with Crippen molar-refractivity contribution in [3.05, 3.63) is 16.0 Å². The molecule has 1 aliphatic carbocycles. The molecule has 0 fully saturated rings. The summed E-state index contributed by atoms with van der Waals surface area (Å²) in [6, 6.07) is 0. The molecule has 0 saturated heterocycles. The standard InChI is InChI=1S/C15H21NO4S/c1-4-15(14(18)20-6-3)8-7-9-11(15)10(12(16)21-9)13(17)19-5-2/h4-8,16H2,1-3H3. The van der Waals surface area contributed by atoms with Gasteiger partial charge in [-0.3, -0.25) is 4.79 Å². The summed E-state index contributed by atoms with van der Waals surface area (Å²) in [5.41, 5.74) is 6.34. The molecule has 0 spiro atoms. The molecule has 1 atom stereocenters. The molecule has 2 N–H and O–H groups in total. The van der Waals surface area contributed by atoms with Gasteiger partial charge in [-0.1, -0.05) is 6.92 Å². The maximum absolute atomic E-state index is 12.5. The Bertz CT molecular complexity index is 566. The van der Waals surface area contributed by atoms with Crippen LogP contribution >= 0.6 is 11.3 Å². The number of nitrogen functional groups attached to an aromatic ring is 1. The summed E-state index contributed by atoms with van der Waals surface area (Å²) < 4.78 is 10.4. The normalized spacial score (nSPS) is 20.1. The van der Waals surface area contributed by atoms with Gasteiger partial charge in [-0.05, 0) is 33.1 Å². The zero-order valence-electron chi connectivity index (χ0n) is 12.7. The number of carbonyl (C=O) groups is 2. The van der Waals surface area contributed by atoms with Gasteiger partial charge in [0.05, 0.1) is 24.2 Å². The van der Waals surface area contributed by atoms with Crippen molar-refractivity contribution in [3.8, 4) is 0 Å². The second-order valence-electron chi connectivity index (χ2n) is 5.02. The van der Waals surface area contributed by atoms with Crippen molar-refractivity contribution in [1.82, 2.24) is 0 Å². The minimum atomic E-state index is -0.762. The maximum atomic E-state index is 12.5. The summed E-state index contributed by atoms with van der Waals surface area (Å²) >= 11 is 1.38. The lowest BCUT2D eigenvalue weighted by molar-refractivity contribution is -0.150. The number of carbonyl (C=O) groups excluding carboxylic acids is 2. The van der Waals surface area contributed by atoms with Crippen LogP contribution in [0.4, 0.5) is 5.00 Å². The highest BCUT2D eigenvalue weighted by Gasteiger charge is 2.49. The average molecular weight is 311 g/mol. The molecule has 2 rings (SSSR count). The van der Waals surface area contributed by atoms with Crippen molar-refractivity contribution in [2.24, 2.45) is 0 Å². The lowest BCUT2D eigenvalue weighted by atomic mass is 9.78. The van der Waals surface area contributed by atoms with Gasteiger partial charge in [0.2, 0.25) is 0 Å². The molecular formula is C15H21NO4S. The highest BCUT2D eigenvalue weighted by molar-refractivity contribution is 7.16. The number of esters is 2. The number of hydrogen-bond donors (Lipinski definition) is 1. The van der Waals surface area contributed by atoms with E-state index in [1.165, 1.54) is 11.3 Å². The van der Waals surface area contributed by atoms with E-state index in [2.05, 4.69) is 0 Å². The number of thiophene rings is 1. The molecular weight excluding hydrogens is 290 g/mol. The van der Waals surface area contributed by atoms with Crippen LogP contribution in [0.15, 0.2) is 0 Å². The molecule has 1 aromatic heterocycles. The topological polar surface area (TPSA) is 78.6 Å². The molecule has 1 heterocycles. The van der Waals surface area contributed by atoms with Crippen molar-refractivity contribution < 1.29 is 19.1 Å². The minimum absolute atomic E-state index is 0.269. The van der Waals surface area contributed by atoms with Gasteiger partial charge in [0, 0.05) is 10.4 Å². The summed E-state index contributed by atoms with van der Waals surface area (Å²) in [5.74, 6) is -0.717. The fraction of sp³-hybridized carbons (Fsp3) is 0.600. The van der Waals surface area contributed by atoms with Gasteiger partial charge < -0.3 is 15.2 Å². The van der Waals surface area contributed by atoms with Gasteiger partial charge in [0.15, 0.2) is 0 Å². The Morgan fingerprint density at radius 3 is 2.48 bits per heavy atom. The highest BCUT2D eigenvalue weighted by Crippen LogP contribution is 2.50. The van der Waals surface area contributed by atoms with E-state index in [9.17, 15) is 9.59 Å². The average Bonchev–Trinajstić information content (AvgIpc) is 2.95. The van der Waals surface area contributed by atoms with Gasteiger partial charge in [-0.2, -0.15) is 0 Å². The molecule has 0 aromatic carbocycles. The van der Waals surface area contributed by atoms with E-state index in [-0.39, 0.29) is 12.6 Å². The van der Waals surface area contributed by atoms with Gasteiger partial charge in [0.25, 0.3) is 0 Å². The van der Waals surface area contributed by atoms with Crippen LogP contribution in [0, 0.1) is 0 Å². The van der Waals surface area contributed by atoms with Crippen LogP contribution in [-0.4, -0.2) is 25.2 Å². The Labute approximate surface area is 128 Å². The monoisotopic (exact) mass is 311 g/mol. The summed E-state index contributed by atoms with van der Waals surface area (Å²) in [4.78, 5) is 25.7. The molecule has 6 heteroatoms. The van der Waals surface area contributed by atoms with E-state index in [1.807, 2.05) is 6.92 Å². The molecule has 1 unspecified atom stereocenters. The molecule has 0 aliphatic heterocycles. The molecule has 1 aromatic rings. The zero-order chi connectivity index (χ0) is 15.6. The van der Waals surface area contributed by atoms with Crippen LogP contribution in [0.25, 0.3) is 0 Å². The van der Waals surface area contributed by atoms with Crippen molar-refractivity contribution >= 4 is 28.3 Å². The van der Waals surface area contributed by atoms with Crippen LogP contribution < -0.4 is 5.73 Å². The molecule has 1 aliphatic rings. The number of nitrogens with two attached hydrogens (primary N) is 1. The number of hydrogen-bond acceptors (Lipinski definition) is 6. The maximum Gasteiger partial charge on any atom is 0.341 e. The fourth-order valence-electron chi connectivity index (χ4n) is 3.01. The third-order valence-corrected chi connectivity index (χ3v) is 5.09. The first kappa shape index (κ1) is 15.8. The summed E-state index contributed by atoms with van der Waals surface area (Å²) in [6.45, 7) is 6.07. The molecule has 0 radical (unpaired) electrons. The van der Waals surface area contributed by atoms with E-state index in [0.29, 0.717) is 30.0 Å². The Kier molecular flexibility index (Phi) is 4.56. The van der Waals surface area contributed by atoms with Crippen LogP contribution in [0.3, 0.4) is 0 Å². The Hall–Kier alpha value is -1.56. The first-order chi connectivity index (χ1) is 10.0. The quantitative estimate of drug-likeness (QED) is 0.846. The third-order valence-electron chi connectivity index (χ3n) is 4.02. The number of anilines is 1. The zero-order valence-corrected chi connectivity index (χ0v) is 13.5. The molecule has 0 bridgehead atoms. The Morgan fingerprint density at radius 1 is 1.24 bits per heavy atom. The molecule has 116 valence electrons. The molecule has 0 saturated carbocycles. The van der Waals surface area contributed by atoms with Gasteiger partial charge in [-0.15, -0.1) is 11.3 Å². The first-order valence-corrected chi connectivity index (χ1v) is 8.09. The molecule has 5 nitrogen and oxygen atoms in total. The van der Waals surface area contributed by atoms with E-state index >= 15 is 0 Å². The molecule has 21 heavy (non-hydrogen) atoms. The Balaban J connectivity index is 2.55. The Morgan fingerprint density at radius 2 is 1.90 bits per heavy atom. The van der Waals surface area contributed by atoms with E-state index in [0.717, 1.165) is 16.9 Å². The minimum Gasteiger partial charge on any atom is -0.465 e. The second kappa shape index (κ2) is 6.05. The van der Waals surface area contributed by atoms with Gasteiger partial charge in [-0.25, -0.2) is 4.79 Å². The number of ether oxygens (including phenoxy) is 2. The third kappa shape index (κ3) is 2.41. The first-order valence-electron chi connectivity index (χ1n) is 7.27. The van der Waals surface area contributed by atoms with Crippen LogP contribution in [-0.2, 0) is 26.1 Å². The van der Waals surface area contributed by atoms with Crippen LogP contribution in [0.5, 0.6) is 0 Å². The van der Waals surface area contributed by atoms with Crippen LogP contribution in [0.2, 0.25) is 0 Å². The highest BCUT2D eigenvalue weighted by atomic mass is 32.1. The number of rotatable bonds is 5. The van der Waals surface area contributed by atoms with E-state index < -0.39 is 11.4 Å². The van der Waals surface area contributed by atoms with E-state index in [4.69, 9.17) is 15.2 Å². The lowest BCUT2D eigenvalue weighted by Crippen LogP contribution is -2.36. The lowest BCUT2D eigenvalue weighted by Gasteiger charge is -2.26. The van der Waals surface area contributed by atoms with Gasteiger partial charge in [0.1, 0.15) is 5.00 Å².